The van der Waals surface area contributed by atoms with Crippen LogP contribution in [0, 0.1) is 0 Å². The van der Waals surface area contributed by atoms with E-state index in [1.54, 1.807) is 12.4 Å². The Bertz CT molecular complexity index is 2840. The first-order chi connectivity index (χ1) is 24.8. The number of hydrogen-bond acceptors (Lipinski definition) is 5. The number of rotatable bonds is 5. The van der Waals surface area contributed by atoms with E-state index in [4.69, 9.17) is 19.4 Å². The van der Waals surface area contributed by atoms with Crippen LogP contribution < -0.4 is 0 Å². The van der Waals surface area contributed by atoms with Gasteiger partial charge in [0.25, 0.3) is 0 Å². The van der Waals surface area contributed by atoms with Crippen LogP contribution in [0.2, 0.25) is 0 Å². The summed E-state index contributed by atoms with van der Waals surface area (Å²) in [6.07, 6.45) is 3.53. The smallest absolute Gasteiger partial charge is 0.165 e. The number of para-hydroxylation sites is 2. The van der Waals surface area contributed by atoms with Crippen LogP contribution in [0.5, 0.6) is 0 Å². The van der Waals surface area contributed by atoms with Crippen molar-refractivity contribution in [2.24, 2.45) is 0 Å². The zero-order valence-corrected chi connectivity index (χ0v) is 26.7. The summed E-state index contributed by atoms with van der Waals surface area (Å²) < 4.78 is 8.91. The minimum absolute atomic E-state index is 0.561. The third kappa shape index (κ3) is 4.65. The van der Waals surface area contributed by atoms with Crippen molar-refractivity contribution in [2.45, 2.75) is 0 Å². The predicted octanol–water partition coefficient (Wildman–Crippen LogP) is 10.9. The van der Waals surface area contributed by atoms with E-state index < -0.39 is 0 Å². The highest BCUT2D eigenvalue weighted by Crippen LogP contribution is 2.39. The number of aromatic nitrogens is 5. The Hall–Kier alpha value is -6.92. The zero-order chi connectivity index (χ0) is 33.0. The SMILES string of the molecule is c1ccc(-c2ccc(-c3nc(-c4cccnc4)nc(-c4ccc5c(c4)oc4cc6c7ccccc7n(-c7ccccc7)c6cc45)n3)cc2)cc1. The van der Waals surface area contributed by atoms with E-state index in [0.29, 0.717) is 17.5 Å². The number of nitrogens with zero attached hydrogens (tertiary/aromatic N) is 5. The normalized spacial score (nSPS) is 11.6. The molecule has 0 atom stereocenters. The fraction of sp³-hybridized carbons (Fsp3) is 0. The van der Waals surface area contributed by atoms with Crippen molar-refractivity contribution < 1.29 is 4.42 Å². The lowest BCUT2D eigenvalue weighted by molar-refractivity contribution is 0.669. The van der Waals surface area contributed by atoms with Gasteiger partial charge in [0.2, 0.25) is 0 Å². The standard InChI is InChI=1S/C44H27N5O/c1-3-10-28(11-4-1)29-17-19-30(20-18-29)42-46-43(48-44(47-42)32-12-9-23-45-27-32)31-21-22-35-37-25-39-36(26-41(37)50-40(35)24-31)34-15-7-8-16-38(34)49(39)33-13-5-2-6-14-33/h1-27H. The molecule has 6 heteroatoms. The van der Waals surface area contributed by atoms with Crippen LogP contribution in [0.3, 0.4) is 0 Å². The first kappa shape index (κ1) is 28.1. The van der Waals surface area contributed by atoms with Crippen molar-refractivity contribution in [3.63, 3.8) is 0 Å². The summed E-state index contributed by atoms with van der Waals surface area (Å²) in [5.41, 5.74) is 9.90. The molecule has 0 unspecified atom stereocenters. The second-order valence-corrected chi connectivity index (χ2v) is 12.4. The molecule has 0 spiro atoms. The number of hydrogen-bond donors (Lipinski definition) is 0. The molecule has 4 heterocycles. The minimum Gasteiger partial charge on any atom is -0.456 e. The van der Waals surface area contributed by atoms with E-state index in [9.17, 15) is 0 Å². The number of furan rings is 1. The van der Waals surface area contributed by atoms with Crippen LogP contribution >= 0.6 is 0 Å². The summed E-state index contributed by atoms with van der Waals surface area (Å²) in [6, 6.07) is 52.2. The fourth-order valence-electron chi connectivity index (χ4n) is 6.93. The summed E-state index contributed by atoms with van der Waals surface area (Å²) in [5.74, 6) is 1.72. The molecule has 10 aromatic rings. The third-order valence-electron chi connectivity index (χ3n) is 9.34. The molecular weight excluding hydrogens is 615 g/mol. The lowest BCUT2D eigenvalue weighted by Crippen LogP contribution is -2.00. The molecule has 6 nitrogen and oxygen atoms in total. The van der Waals surface area contributed by atoms with Crippen molar-refractivity contribution >= 4 is 43.7 Å². The Morgan fingerprint density at radius 2 is 1.02 bits per heavy atom. The van der Waals surface area contributed by atoms with E-state index in [2.05, 4.69) is 119 Å². The van der Waals surface area contributed by atoms with Crippen molar-refractivity contribution in [3.8, 4) is 51.0 Å². The summed E-state index contributed by atoms with van der Waals surface area (Å²) in [6.45, 7) is 0. The predicted molar refractivity (Wildman–Crippen MR) is 201 cm³/mol. The molecular formula is C44H27N5O. The van der Waals surface area contributed by atoms with Crippen molar-refractivity contribution in [1.29, 1.82) is 0 Å². The molecule has 6 aromatic carbocycles. The second-order valence-electron chi connectivity index (χ2n) is 12.4. The van der Waals surface area contributed by atoms with Gasteiger partial charge < -0.3 is 8.98 Å². The largest absolute Gasteiger partial charge is 0.456 e. The molecule has 10 rings (SSSR count). The van der Waals surface area contributed by atoms with Gasteiger partial charge in [-0.3, -0.25) is 4.98 Å². The molecule has 0 fully saturated rings. The third-order valence-corrected chi connectivity index (χ3v) is 9.34. The Kier molecular flexibility index (Phi) is 6.39. The van der Waals surface area contributed by atoms with E-state index in [1.165, 1.54) is 5.39 Å². The van der Waals surface area contributed by atoms with Gasteiger partial charge in [-0.05, 0) is 65.7 Å². The van der Waals surface area contributed by atoms with E-state index in [-0.39, 0.29) is 0 Å². The molecule has 0 N–H and O–H groups in total. The second kappa shape index (κ2) is 11.4. The van der Waals surface area contributed by atoms with Gasteiger partial charge in [0, 0.05) is 56.3 Å². The Labute approximate surface area is 287 Å². The first-order valence-corrected chi connectivity index (χ1v) is 16.5. The summed E-state index contributed by atoms with van der Waals surface area (Å²) >= 11 is 0. The number of pyridine rings is 1. The molecule has 0 radical (unpaired) electrons. The van der Waals surface area contributed by atoms with Gasteiger partial charge in [-0.25, -0.2) is 15.0 Å². The molecule has 0 aliphatic heterocycles. The van der Waals surface area contributed by atoms with Gasteiger partial charge in [-0.1, -0.05) is 97.1 Å². The van der Waals surface area contributed by atoms with Gasteiger partial charge in [0.1, 0.15) is 11.2 Å². The van der Waals surface area contributed by atoms with Gasteiger partial charge in [-0.15, -0.1) is 0 Å². The van der Waals surface area contributed by atoms with Gasteiger partial charge in [0.15, 0.2) is 17.5 Å². The molecule has 50 heavy (non-hydrogen) atoms. The number of fused-ring (bicyclic) bond motifs is 6. The minimum atomic E-state index is 0.561. The maximum atomic E-state index is 6.58. The quantitative estimate of drug-likeness (QED) is 0.187. The lowest BCUT2D eigenvalue weighted by atomic mass is 10.0. The molecule has 0 aliphatic rings. The maximum Gasteiger partial charge on any atom is 0.165 e. The first-order valence-electron chi connectivity index (χ1n) is 16.5. The van der Waals surface area contributed by atoms with E-state index in [1.807, 2.05) is 42.5 Å². The summed E-state index contributed by atoms with van der Waals surface area (Å²) in [7, 11) is 0. The Balaban J connectivity index is 1.12. The Morgan fingerprint density at radius 1 is 0.400 bits per heavy atom. The van der Waals surface area contributed by atoms with E-state index >= 15 is 0 Å². The van der Waals surface area contributed by atoms with Crippen molar-refractivity contribution in [1.82, 2.24) is 24.5 Å². The molecule has 4 aromatic heterocycles. The van der Waals surface area contributed by atoms with Crippen LogP contribution in [0.1, 0.15) is 0 Å². The molecule has 0 bridgehead atoms. The topological polar surface area (TPSA) is 69.6 Å². The van der Waals surface area contributed by atoms with Crippen LogP contribution in [0.25, 0.3) is 94.7 Å². The fourth-order valence-corrected chi connectivity index (χ4v) is 6.93. The van der Waals surface area contributed by atoms with Crippen LogP contribution in [0.4, 0.5) is 0 Å². The highest BCUT2D eigenvalue weighted by molar-refractivity contribution is 6.17. The highest BCUT2D eigenvalue weighted by atomic mass is 16.3. The Morgan fingerprint density at radius 3 is 1.80 bits per heavy atom. The average molecular weight is 642 g/mol. The maximum absolute atomic E-state index is 6.58. The number of benzene rings is 6. The van der Waals surface area contributed by atoms with Crippen molar-refractivity contribution in [2.75, 3.05) is 0 Å². The van der Waals surface area contributed by atoms with Crippen molar-refractivity contribution in [3.05, 3.63) is 164 Å². The van der Waals surface area contributed by atoms with Crippen LogP contribution in [-0.4, -0.2) is 24.5 Å². The molecule has 0 aliphatic carbocycles. The average Bonchev–Trinajstić information content (AvgIpc) is 3.72. The summed E-state index contributed by atoms with van der Waals surface area (Å²) in [5, 5.41) is 4.43. The molecule has 0 saturated heterocycles. The van der Waals surface area contributed by atoms with Gasteiger partial charge >= 0.3 is 0 Å². The summed E-state index contributed by atoms with van der Waals surface area (Å²) in [4.78, 5) is 19.1. The lowest BCUT2D eigenvalue weighted by Gasteiger charge is -2.09. The van der Waals surface area contributed by atoms with Crippen LogP contribution in [0.15, 0.2) is 168 Å². The zero-order valence-electron chi connectivity index (χ0n) is 26.7. The molecule has 0 saturated carbocycles. The van der Waals surface area contributed by atoms with Crippen LogP contribution in [-0.2, 0) is 0 Å². The molecule has 0 amide bonds. The van der Waals surface area contributed by atoms with E-state index in [0.717, 1.165) is 71.9 Å². The molecule has 234 valence electrons. The highest BCUT2D eigenvalue weighted by Gasteiger charge is 2.18. The van der Waals surface area contributed by atoms with Gasteiger partial charge in [-0.2, -0.15) is 0 Å². The van der Waals surface area contributed by atoms with Gasteiger partial charge in [0.05, 0.1) is 11.0 Å². The monoisotopic (exact) mass is 641 g/mol.